The van der Waals surface area contributed by atoms with Crippen LogP contribution >= 0.6 is 11.6 Å². The molecule has 10 nitrogen and oxygen atoms in total. The van der Waals surface area contributed by atoms with Crippen LogP contribution in [0, 0.1) is 22.9 Å². The van der Waals surface area contributed by atoms with E-state index >= 15 is 4.39 Å². The highest BCUT2D eigenvalue weighted by Gasteiger charge is 2.23. The lowest BCUT2D eigenvalue weighted by molar-refractivity contribution is -0.385. The minimum atomic E-state index is -0.664. The standard InChI is InChI=1S/C27H36ClFN4O6/c1-7-21(32-17(3)15-23(34)30-12-13-31-26(35)39-27(4,5)6)19-9-10-20(28)25(24(19)29)38-18-8-11-22(33(36)37)16(2)14-18/h8-11,14,17,21,32H,7,12-13,15H2,1-6H3,(H,30,34)(H,31,35)/t17-,21-/m1/s1. The number of hydrogen-bond acceptors (Lipinski definition) is 7. The maximum Gasteiger partial charge on any atom is 0.407 e. The van der Waals surface area contributed by atoms with Crippen LogP contribution < -0.4 is 20.7 Å². The molecule has 0 unspecified atom stereocenters. The fourth-order valence-electron chi connectivity index (χ4n) is 3.79. The third-order valence-electron chi connectivity index (χ3n) is 5.54. The van der Waals surface area contributed by atoms with Gasteiger partial charge in [0.2, 0.25) is 5.91 Å². The Morgan fingerprint density at radius 3 is 2.41 bits per heavy atom. The average Bonchev–Trinajstić information content (AvgIpc) is 2.82. The quantitative estimate of drug-likeness (QED) is 0.164. The number of carbonyl (C=O) groups is 2. The normalized spacial score (nSPS) is 12.8. The Morgan fingerprint density at radius 2 is 1.82 bits per heavy atom. The minimum Gasteiger partial charge on any atom is -0.453 e. The van der Waals surface area contributed by atoms with Crippen LogP contribution in [0.4, 0.5) is 14.9 Å². The minimum absolute atomic E-state index is 0.0505. The third kappa shape index (κ3) is 9.99. The molecular weight excluding hydrogens is 531 g/mol. The number of aryl methyl sites for hydroxylation is 1. The molecule has 0 aliphatic heterocycles. The molecule has 12 heteroatoms. The molecule has 0 spiro atoms. The fourth-order valence-corrected chi connectivity index (χ4v) is 3.97. The predicted octanol–water partition coefficient (Wildman–Crippen LogP) is 5.95. The van der Waals surface area contributed by atoms with Crippen LogP contribution in [-0.2, 0) is 9.53 Å². The summed E-state index contributed by atoms with van der Waals surface area (Å²) < 4.78 is 26.4. The zero-order valence-electron chi connectivity index (χ0n) is 23.0. The summed E-state index contributed by atoms with van der Waals surface area (Å²) in [5.74, 6) is -0.874. The zero-order valence-corrected chi connectivity index (χ0v) is 23.8. The number of carbonyl (C=O) groups excluding carboxylic acids is 2. The largest absolute Gasteiger partial charge is 0.453 e. The van der Waals surface area contributed by atoms with Gasteiger partial charge in [-0.25, -0.2) is 9.18 Å². The molecule has 2 aromatic rings. The molecule has 214 valence electrons. The van der Waals surface area contributed by atoms with Gasteiger partial charge in [-0.15, -0.1) is 0 Å². The number of nitro benzene ring substituents is 1. The molecule has 2 amide bonds. The number of alkyl carbamates (subject to hydrolysis) is 1. The molecule has 0 aliphatic rings. The van der Waals surface area contributed by atoms with Gasteiger partial charge in [-0.1, -0.05) is 24.6 Å². The van der Waals surface area contributed by atoms with E-state index in [1.165, 1.54) is 24.3 Å². The highest BCUT2D eigenvalue weighted by atomic mass is 35.5. The van der Waals surface area contributed by atoms with E-state index in [0.29, 0.717) is 17.5 Å². The van der Waals surface area contributed by atoms with Crippen molar-refractivity contribution in [3.05, 3.63) is 62.4 Å². The fraction of sp³-hybridized carbons (Fsp3) is 0.481. The maximum atomic E-state index is 15.6. The lowest BCUT2D eigenvalue weighted by Gasteiger charge is -2.24. The smallest absolute Gasteiger partial charge is 0.407 e. The van der Waals surface area contributed by atoms with Crippen LogP contribution in [0.25, 0.3) is 0 Å². The molecule has 0 aliphatic carbocycles. The number of amides is 2. The van der Waals surface area contributed by atoms with Gasteiger partial charge in [0.1, 0.15) is 11.4 Å². The Labute approximate surface area is 232 Å². The van der Waals surface area contributed by atoms with Crippen molar-refractivity contribution in [2.75, 3.05) is 13.1 Å². The van der Waals surface area contributed by atoms with Crippen molar-refractivity contribution in [1.29, 1.82) is 0 Å². The molecule has 0 bridgehead atoms. The van der Waals surface area contributed by atoms with E-state index in [0.717, 1.165) is 0 Å². The molecule has 2 rings (SSSR count). The molecule has 39 heavy (non-hydrogen) atoms. The van der Waals surface area contributed by atoms with Crippen molar-refractivity contribution in [3.63, 3.8) is 0 Å². The van der Waals surface area contributed by atoms with Crippen molar-refractivity contribution in [1.82, 2.24) is 16.0 Å². The number of ether oxygens (including phenoxy) is 2. The maximum absolute atomic E-state index is 15.6. The molecular formula is C27H36ClFN4O6. The number of benzene rings is 2. The Bertz CT molecular complexity index is 1190. The first-order valence-electron chi connectivity index (χ1n) is 12.6. The van der Waals surface area contributed by atoms with Crippen molar-refractivity contribution in [2.45, 2.75) is 72.1 Å². The molecule has 0 heterocycles. The first kappa shape index (κ1) is 31.8. The molecule has 3 N–H and O–H groups in total. The third-order valence-corrected chi connectivity index (χ3v) is 5.84. The van der Waals surface area contributed by atoms with E-state index in [1.807, 2.05) is 13.8 Å². The van der Waals surface area contributed by atoms with E-state index < -0.39 is 28.5 Å². The predicted molar refractivity (Wildman–Crippen MR) is 147 cm³/mol. The second-order valence-corrected chi connectivity index (χ2v) is 10.5. The molecule has 2 aromatic carbocycles. The highest BCUT2D eigenvalue weighted by molar-refractivity contribution is 6.32. The lowest BCUT2D eigenvalue weighted by atomic mass is 10.0. The Kier molecular flexibility index (Phi) is 11.5. The van der Waals surface area contributed by atoms with Gasteiger partial charge in [0, 0.05) is 48.8 Å². The Morgan fingerprint density at radius 1 is 1.15 bits per heavy atom. The van der Waals surface area contributed by atoms with Crippen LogP contribution in [0.5, 0.6) is 11.5 Å². The lowest BCUT2D eigenvalue weighted by Crippen LogP contribution is -2.40. The number of nitrogens with zero attached hydrogens (tertiary/aromatic N) is 1. The van der Waals surface area contributed by atoms with Crippen LogP contribution in [0.1, 0.15) is 64.6 Å². The summed E-state index contributed by atoms with van der Waals surface area (Å²) in [5.41, 5.74) is -0.00427. The second-order valence-electron chi connectivity index (χ2n) is 10.1. The molecule has 0 saturated heterocycles. The Balaban J connectivity index is 1.99. The average molecular weight is 567 g/mol. The summed E-state index contributed by atoms with van der Waals surface area (Å²) in [4.78, 5) is 34.6. The van der Waals surface area contributed by atoms with Gasteiger partial charge in [-0.05, 0) is 59.2 Å². The van der Waals surface area contributed by atoms with Gasteiger partial charge in [0.05, 0.1) is 9.95 Å². The van der Waals surface area contributed by atoms with Gasteiger partial charge in [0.25, 0.3) is 5.69 Å². The van der Waals surface area contributed by atoms with E-state index in [4.69, 9.17) is 21.1 Å². The van der Waals surface area contributed by atoms with Crippen molar-refractivity contribution in [3.8, 4) is 11.5 Å². The molecule has 0 fully saturated rings. The second kappa shape index (κ2) is 14.1. The molecule has 0 aromatic heterocycles. The van der Waals surface area contributed by atoms with Gasteiger partial charge < -0.3 is 25.4 Å². The van der Waals surface area contributed by atoms with Crippen LogP contribution in [0.15, 0.2) is 30.3 Å². The summed E-state index contributed by atoms with van der Waals surface area (Å²) >= 11 is 6.23. The number of nitro groups is 1. The zero-order chi connectivity index (χ0) is 29.3. The highest BCUT2D eigenvalue weighted by Crippen LogP contribution is 2.37. The van der Waals surface area contributed by atoms with Crippen molar-refractivity contribution < 1.29 is 28.4 Å². The summed E-state index contributed by atoms with van der Waals surface area (Å²) in [6, 6.07) is 6.45. The van der Waals surface area contributed by atoms with Crippen LogP contribution in [-0.4, -0.2) is 41.7 Å². The van der Waals surface area contributed by atoms with Gasteiger partial charge in [-0.2, -0.15) is 0 Å². The van der Waals surface area contributed by atoms with Crippen LogP contribution in [0.2, 0.25) is 5.02 Å². The van der Waals surface area contributed by atoms with Gasteiger partial charge >= 0.3 is 6.09 Å². The first-order chi connectivity index (χ1) is 18.2. The summed E-state index contributed by atoms with van der Waals surface area (Å²) in [5, 5.41) is 19.7. The molecule has 0 saturated carbocycles. The molecule has 0 radical (unpaired) electrons. The molecule has 2 atom stereocenters. The van der Waals surface area contributed by atoms with Crippen molar-refractivity contribution >= 4 is 29.3 Å². The topological polar surface area (TPSA) is 132 Å². The van der Waals surface area contributed by atoms with Crippen molar-refractivity contribution in [2.24, 2.45) is 0 Å². The monoisotopic (exact) mass is 566 g/mol. The summed E-state index contributed by atoms with van der Waals surface area (Å²) in [7, 11) is 0. The van der Waals surface area contributed by atoms with E-state index in [2.05, 4.69) is 16.0 Å². The summed E-state index contributed by atoms with van der Waals surface area (Å²) in [6.07, 6.45) is 0.0823. The van der Waals surface area contributed by atoms with E-state index in [1.54, 1.807) is 33.8 Å². The van der Waals surface area contributed by atoms with E-state index in [9.17, 15) is 19.7 Å². The van der Waals surface area contributed by atoms with E-state index in [-0.39, 0.29) is 53.7 Å². The number of nitrogens with one attached hydrogen (secondary N) is 3. The SMILES string of the molecule is CC[C@@H](N[C@H](C)CC(=O)NCCNC(=O)OC(C)(C)C)c1ccc(Cl)c(Oc2ccc([N+](=O)[O-])c(C)c2)c1F. The number of hydrogen-bond donors (Lipinski definition) is 3. The van der Waals surface area contributed by atoms with Crippen LogP contribution in [0.3, 0.4) is 0 Å². The first-order valence-corrected chi connectivity index (χ1v) is 13.0. The summed E-state index contributed by atoms with van der Waals surface area (Å²) in [6.45, 7) is 11.0. The number of rotatable bonds is 12. The number of halogens is 2. The Hall–Kier alpha value is -3.44. The van der Waals surface area contributed by atoms with Gasteiger partial charge in [0.15, 0.2) is 11.6 Å². The van der Waals surface area contributed by atoms with Gasteiger partial charge in [-0.3, -0.25) is 14.9 Å².